The lowest BCUT2D eigenvalue weighted by molar-refractivity contribution is -0.0870. The Labute approximate surface area is 109 Å². The topological polar surface area (TPSA) is 21.3 Å². The van der Waals surface area contributed by atoms with Crippen LogP contribution in [0.5, 0.6) is 0 Å². The molecule has 2 unspecified atom stereocenters. The summed E-state index contributed by atoms with van der Waals surface area (Å²) in [5, 5.41) is 3.36. The fourth-order valence-corrected chi connectivity index (χ4v) is 2.71. The zero-order valence-corrected chi connectivity index (χ0v) is 11.2. The summed E-state index contributed by atoms with van der Waals surface area (Å²) in [6.45, 7) is 3.02. The van der Waals surface area contributed by atoms with Gasteiger partial charge in [0.2, 0.25) is 0 Å². The molecule has 0 aliphatic carbocycles. The van der Waals surface area contributed by atoms with E-state index in [1.807, 2.05) is 19.2 Å². The minimum atomic E-state index is -0.181. The summed E-state index contributed by atoms with van der Waals surface area (Å²) in [6, 6.07) is 7.01. The van der Waals surface area contributed by atoms with Crippen molar-refractivity contribution in [1.29, 1.82) is 0 Å². The molecule has 100 valence electrons. The molecule has 18 heavy (non-hydrogen) atoms. The van der Waals surface area contributed by atoms with E-state index in [1.165, 1.54) is 18.6 Å². The van der Waals surface area contributed by atoms with Crippen LogP contribution >= 0.6 is 0 Å². The van der Waals surface area contributed by atoms with Crippen molar-refractivity contribution in [2.75, 3.05) is 13.7 Å². The second-order valence-electron chi connectivity index (χ2n) is 5.29. The SMILES string of the molecule is CNC(Cc1ccc(F)cc1)C1(C)CCCCO1. The average Bonchev–Trinajstić information content (AvgIpc) is 2.38. The summed E-state index contributed by atoms with van der Waals surface area (Å²) in [6.07, 6.45) is 4.33. The van der Waals surface area contributed by atoms with Crippen molar-refractivity contribution < 1.29 is 9.13 Å². The molecule has 1 aliphatic rings. The van der Waals surface area contributed by atoms with Crippen molar-refractivity contribution >= 4 is 0 Å². The number of rotatable bonds is 4. The Balaban J connectivity index is 2.06. The lowest BCUT2D eigenvalue weighted by Gasteiger charge is -2.40. The highest BCUT2D eigenvalue weighted by atomic mass is 19.1. The summed E-state index contributed by atoms with van der Waals surface area (Å²) in [7, 11) is 1.97. The first-order valence-corrected chi connectivity index (χ1v) is 6.70. The molecule has 1 aliphatic heterocycles. The first-order chi connectivity index (χ1) is 8.64. The first kappa shape index (κ1) is 13.5. The monoisotopic (exact) mass is 251 g/mol. The van der Waals surface area contributed by atoms with Crippen molar-refractivity contribution in [3.05, 3.63) is 35.6 Å². The maximum atomic E-state index is 12.9. The van der Waals surface area contributed by atoms with Crippen LogP contribution in [0.25, 0.3) is 0 Å². The number of likely N-dealkylation sites (N-methyl/N-ethyl adjacent to an activating group) is 1. The van der Waals surface area contributed by atoms with Crippen LogP contribution in [0.4, 0.5) is 4.39 Å². The van der Waals surface area contributed by atoms with Crippen molar-refractivity contribution in [3.63, 3.8) is 0 Å². The molecule has 0 amide bonds. The standard InChI is InChI=1S/C15H22FNO/c1-15(9-3-4-10-18-15)14(17-2)11-12-5-7-13(16)8-6-12/h5-8,14,17H,3-4,9-11H2,1-2H3. The van der Waals surface area contributed by atoms with E-state index in [2.05, 4.69) is 12.2 Å². The van der Waals surface area contributed by atoms with E-state index in [4.69, 9.17) is 4.74 Å². The number of benzene rings is 1. The number of halogens is 1. The Hall–Kier alpha value is -0.930. The van der Waals surface area contributed by atoms with E-state index < -0.39 is 0 Å². The normalized spacial score (nSPS) is 25.9. The van der Waals surface area contributed by atoms with Gasteiger partial charge in [-0.2, -0.15) is 0 Å². The van der Waals surface area contributed by atoms with Crippen LogP contribution in [-0.2, 0) is 11.2 Å². The second-order valence-corrected chi connectivity index (χ2v) is 5.29. The Morgan fingerprint density at radius 3 is 2.61 bits per heavy atom. The first-order valence-electron chi connectivity index (χ1n) is 6.70. The van der Waals surface area contributed by atoms with Gasteiger partial charge in [0, 0.05) is 12.6 Å². The highest BCUT2D eigenvalue weighted by Gasteiger charge is 2.35. The summed E-state index contributed by atoms with van der Waals surface area (Å²) < 4.78 is 18.9. The summed E-state index contributed by atoms with van der Waals surface area (Å²) in [5.74, 6) is -0.181. The quantitative estimate of drug-likeness (QED) is 0.888. The molecule has 0 saturated carbocycles. The van der Waals surface area contributed by atoms with E-state index in [9.17, 15) is 4.39 Å². The Bertz CT molecular complexity index is 371. The van der Waals surface area contributed by atoms with Crippen LogP contribution in [-0.4, -0.2) is 25.3 Å². The minimum Gasteiger partial charge on any atom is -0.374 e. The van der Waals surface area contributed by atoms with Gasteiger partial charge in [-0.15, -0.1) is 0 Å². The van der Waals surface area contributed by atoms with Crippen molar-refractivity contribution in [3.8, 4) is 0 Å². The third-order valence-electron chi connectivity index (χ3n) is 3.94. The molecule has 2 rings (SSSR count). The van der Waals surface area contributed by atoms with E-state index in [0.717, 1.165) is 31.4 Å². The van der Waals surface area contributed by atoms with Crippen molar-refractivity contribution in [2.24, 2.45) is 0 Å². The van der Waals surface area contributed by atoms with Crippen molar-refractivity contribution in [1.82, 2.24) is 5.32 Å². The Morgan fingerprint density at radius 2 is 2.06 bits per heavy atom. The van der Waals surface area contributed by atoms with Crippen LogP contribution in [0, 0.1) is 5.82 Å². The van der Waals surface area contributed by atoms with Crippen LogP contribution in [0.3, 0.4) is 0 Å². The minimum absolute atomic E-state index is 0.110. The number of ether oxygens (including phenoxy) is 1. The zero-order valence-electron chi connectivity index (χ0n) is 11.2. The maximum Gasteiger partial charge on any atom is 0.123 e. The van der Waals surface area contributed by atoms with E-state index in [-0.39, 0.29) is 17.5 Å². The summed E-state index contributed by atoms with van der Waals surface area (Å²) >= 11 is 0. The lowest BCUT2D eigenvalue weighted by atomic mass is 9.85. The third kappa shape index (κ3) is 3.09. The molecular formula is C15H22FNO. The van der Waals surface area contributed by atoms with Crippen molar-refractivity contribution in [2.45, 2.75) is 44.2 Å². The molecule has 2 atom stereocenters. The predicted molar refractivity (Wildman–Crippen MR) is 71.2 cm³/mol. The molecule has 2 nitrogen and oxygen atoms in total. The molecule has 0 radical (unpaired) electrons. The molecule has 0 bridgehead atoms. The van der Waals surface area contributed by atoms with Gasteiger partial charge in [0.15, 0.2) is 0 Å². The number of hydrogen-bond donors (Lipinski definition) is 1. The van der Waals surface area contributed by atoms with Gasteiger partial charge in [-0.3, -0.25) is 0 Å². The van der Waals surface area contributed by atoms with Crippen LogP contribution in [0.1, 0.15) is 31.7 Å². The maximum absolute atomic E-state index is 12.9. The van der Waals surface area contributed by atoms with Gasteiger partial charge in [-0.25, -0.2) is 4.39 Å². The summed E-state index contributed by atoms with van der Waals surface area (Å²) in [4.78, 5) is 0. The Morgan fingerprint density at radius 1 is 1.33 bits per heavy atom. The predicted octanol–water partition coefficient (Wildman–Crippen LogP) is 2.92. The fraction of sp³-hybridized carbons (Fsp3) is 0.600. The van der Waals surface area contributed by atoms with Crippen LogP contribution in [0.2, 0.25) is 0 Å². The van der Waals surface area contributed by atoms with Crippen LogP contribution in [0.15, 0.2) is 24.3 Å². The van der Waals surface area contributed by atoms with Gasteiger partial charge < -0.3 is 10.1 Å². The molecule has 1 saturated heterocycles. The van der Waals surface area contributed by atoms with Gasteiger partial charge in [0.1, 0.15) is 5.82 Å². The molecule has 3 heteroatoms. The number of hydrogen-bond acceptors (Lipinski definition) is 2. The molecule has 1 N–H and O–H groups in total. The molecule has 0 spiro atoms. The lowest BCUT2D eigenvalue weighted by Crippen LogP contribution is -2.52. The molecule has 1 heterocycles. The van der Waals surface area contributed by atoms with Gasteiger partial charge in [-0.1, -0.05) is 12.1 Å². The molecule has 1 fully saturated rings. The van der Waals surface area contributed by atoms with E-state index in [0.29, 0.717) is 0 Å². The van der Waals surface area contributed by atoms with Gasteiger partial charge in [0.25, 0.3) is 0 Å². The third-order valence-corrected chi connectivity index (χ3v) is 3.94. The number of nitrogens with one attached hydrogen (secondary N) is 1. The smallest absolute Gasteiger partial charge is 0.123 e. The second kappa shape index (κ2) is 5.81. The van der Waals surface area contributed by atoms with Gasteiger partial charge in [-0.05, 0) is 57.4 Å². The van der Waals surface area contributed by atoms with Gasteiger partial charge >= 0.3 is 0 Å². The van der Waals surface area contributed by atoms with E-state index >= 15 is 0 Å². The zero-order chi connectivity index (χ0) is 13.0. The Kier molecular flexibility index (Phi) is 4.36. The average molecular weight is 251 g/mol. The van der Waals surface area contributed by atoms with E-state index in [1.54, 1.807) is 0 Å². The molecule has 1 aromatic carbocycles. The highest BCUT2D eigenvalue weighted by molar-refractivity contribution is 5.18. The molecule has 0 aromatic heterocycles. The molecule has 1 aromatic rings. The van der Waals surface area contributed by atoms with Crippen LogP contribution < -0.4 is 5.32 Å². The van der Waals surface area contributed by atoms with Gasteiger partial charge in [0.05, 0.1) is 5.60 Å². The molecular weight excluding hydrogens is 229 g/mol. The largest absolute Gasteiger partial charge is 0.374 e. The summed E-state index contributed by atoms with van der Waals surface area (Å²) in [5.41, 5.74) is 1.03. The fourth-order valence-electron chi connectivity index (χ4n) is 2.71. The highest BCUT2D eigenvalue weighted by Crippen LogP contribution is 2.29.